The molecule has 0 aromatic heterocycles. The van der Waals surface area contributed by atoms with E-state index in [0.717, 1.165) is 31.7 Å². The highest BCUT2D eigenvalue weighted by molar-refractivity contribution is 6.00. The van der Waals surface area contributed by atoms with E-state index in [0.29, 0.717) is 0 Å². The van der Waals surface area contributed by atoms with Gasteiger partial charge < -0.3 is 9.47 Å². The third-order valence-corrected chi connectivity index (χ3v) is 3.65. The van der Waals surface area contributed by atoms with Crippen molar-refractivity contribution in [2.45, 2.75) is 58.2 Å². The van der Waals surface area contributed by atoms with E-state index in [1.165, 1.54) is 12.1 Å². The monoisotopic (exact) mass is 350 g/mol. The Morgan fingerprint density at radius 1 is 1.24 bits per heavy atom. The van der Waals surface area contributed by atoms with E-state index in [4.69, 9.17) is 9.47 Å². The molecule has 1 aromatic rings. The molecule has 1 amide bonds. The van der Waals surface area contributed by atoms with Crippen molar-refractivity contribution < 1.29 is 24.0 Å². The molecule has 0 radical (unpaired) electrons. The van der Waals surface area contributed by atoms with E-state index in [1.54, 1.807) is 20.8 Å². The van der Waals surface area contributed by atoms with Crippen LogP contribution in [0.5, 0.6) is 0 Å². The number of anilines is 1. The summed E-state index contributed by atoms with van der Waals surface area (Å²) in [7, 11) is 0. The summed E-state index contributed by atoms with van der Waals surface area (Å²) in [5.41, 5.74) is -0.937. The largest absolute Gasteiger partial charge is 0.459 e. The summed E-state index contributed by atoms with van der Waals surface area (Å²) in [5.74, 6) is -0.618. The molecule has 1 fully saturated rings. The normalized spacial score (nSPS) is 14.8. The predicted octanol–water partition coefficient (Wildman–Crippen LogP) is 4.04. The molecular weight excluding hydrogens is 328 g/mol. The highest BCUT2D eigenvalue weighted by Crippen LogP contribution is 2.27. The topological polar surface area (TPSA) is 108 Å². The van der Waals surface area contributed by atoms with Crippen molar-refractivity contribution in [1.82, 2.24) is 0 Å². The lowest BCUT2D eigenvalue weighted by Crippen LogP contribution is -2.28. The van der Waals surface area contributed by atoms with Gasteiger partial charge in [-0.1, -0.05) is 0 Å². The Morgan fingerprint density at radius 2 is 1.88 bits per heavy atom. The zero-order valence-corrected chi connectivity index (χ0v) is 14.5. The third-order valence-electron chi connectivity index (χ3n) is 3.65. The SMILES string of the molecule is CC(C)(C)OC(=O)Nc1cc([N+](=O)[O-])ccc1C(=O)OC1CCCC1. The lowest BCUT2D eigenvalue weighted by Gasteiger charge is -2.20. The van der Waals surface area contributed by atoms with Crippen LogP contribution >= 0.6 is 0 Å². The molecule has 0 atom stereocenters. The van der Waals surface area contributed by atoms with Crippen LogP contribution in [-0.4, -0.2) is 28.7 Å². The van der Waals surface area contributed by atoms with Crippen molar-refractivity contribution in [2.75, 3.05) is 5.32 Å². The van der Waals surface area contributed by atoms with Crippen LogP contribution < -0.4 is 5.32 Å². The van der Waals surface area contributed by atoms with E-state index < -0.39 is 22.6 Å². The average Bonchev–Trinajstić information content (AvgIpc) is 2.97. The van der Waals surface area contributed by atoms with Gasteiger partial charge in [-0.05, 0) is 52.5 Å². The Hall–Kier alpha value is -2.64. The first-order chi connectivity index (χ1) is 11.7. The van der Waals surface area contributed by atoms with E-state index in [1.807, 2.05) is 0 Å². The molecule has 1 N–H and O–H groups in total. The number of carbonyl (C=O) groups excluding carboxylic acids is 2. The van der Waals surface area contributed by atoms with Gasteiger partial charge >= 0.3 is 12.1 Å². The van der Waals surface area contributed by atoms with E-state index in [9.17, 15) is 19.7 Å². The van der Waals surface area contributed by atoms with Crippen LogP contribution in [0.25, 0.3) is 0 Å². The lowest BCUT2D eigenvalue weighted by molar-refractivity contribution is -0.384. The van der Waals surface area contributed by atoms with Crippen molar-refractivity contribution in [1.29, 1.82) is 0 Å². The predicted molar refractivity (Wildman–Crippen MR) is 90.6 cm³/mol. The summed E-state index contributed by atoms with van der Waals surface area (Å²) in [6.45, 7) is 5.07. The molecule has 1 aliphatic rings. The van der Waals surface area contributed by atoms with E-state index in [2.05, 4.69) is 5.32 Å². The van der Waals surface area contributed by atoms with Gasteiger partial charge in [0.15, 0.2) is 0 Å². The zero-order chi connectivity index (χ0) is 18.6. The van der Waals surface area contributed by atoms with Gasteiger partial charge in [-0.3, -0.25) is 15.4 Å². The summed E-state index contributed by atoms with van der Waals surface area (Å²) in [6.07, 6.45) is 2.64. The molecule has 0 heterocycles. The first-order valence-electron chi connectivity index (χ1n) is 8.15. The molecular formula is C17H22N2O6. The fourth-order valence-electron chi connectivity index (χ4n) is 2.56. The Morgan fingerprint density at radius 3 is 2.44 bits per heavy atom. The molecule has 0 spiro atoms. The van der Waals surface area contributed by atoms with Gasteiger partial charge in [-0.25, -0.2) is 9.59 Å². The number of nitrogens with one attached hydrogen (secondary N) is 1. The maximum atomic E-state index is 12.4. The molecule has 0 bridgehead atoms. The number of esters is 1. The number of nitro benzene ring substituents is 1. The average molecular weight is 350 g/mol. The van der Waals surface area contributed by atoms with Crippen LogP contribution in [0.1, 0.15) is 56.8 Å². The maximum Gasteiger partial charge on any atom is 0.412 e. The number of nitro groups is 1. The van der Waals surface area contributed by atoms with Crippen LogP contribution in [0.4, 0.5) is 16.2 Å². The number of hydrogen-bond acceptors (Lipinski definition) is 6. The molecule has 2 rings (SSSR count). The Balaban J connectivity index is 2.23. The number of nitrogens with zero attached hydrogens (tertiary/aromatic N) is 1. The van der Waals surface area contributed by atoms with Crippen LogP contribution in [0.15, 0.2) is 18.2 Å². The molecule has 25 heavy (non-hydrogen) atoms. The number of hydrogen-bond donors (Lipinski definition) is 1. The lowest BCUT2D eigenvalue weighted by atomic mass is 10.1. The van der Waals surface area contributed by atoms with Crippen LogP contribution in [0.2, 0.25) is 0 Å². The van der Waals surface area contributed by atoms with Crippen molar-refractivity contribution in [3.05, 3.63) is 33.9 Å². The zero-order valence-electron chi connectivity index (χ0n) is 14.5. The number of benzene rings is 1. The second-order valence-corrected chi connectivity index (χ2v) is 6.93. The first kappa shape index (κ1) is 18.7. The van der Waals surface area contributed by atoms with Crippen LogP contribution in [-0.2, 0) is 9.47 Å². The smallest absolute Gasteiger partial charge is 0.412 e. The van der Waals surface area contributed by atoms with Gasteiger partial charge in [0.1, 0.15) is 11.7 Å². The minimum absolute atomic E-state index is 0.00792. The number of amides is 1. The number of carbonyl (C=O) groups is 2. The van der Waals surface area contributed by atoms with Crippen molar-refractivity contribution >= 4 is 23.4 Å². The highest BCUT2D eigenvalue weighted by atomic mass is 16.6. The Kier molecular flexibility index (Phi) is 5.61. The van der Waals surface area contributed by atoms with Crippen LogP contribution in [0.3, 0.4) is 0 Å². The quantitative estimate of drug-likeness (QED) is 0.499. The summed E-state index contributed by atoms with van der Waals surface area (Å²) >= 11 is 0. The second kappa shape index (κ2) is 7.50. The number of ether oxygens (including phenoxy) is 2. The molecule has 1 aliphatic carbocycles. The van der Waals surface area contributed by atoms with Crippen molar-refractivity contribution in [2.24, 2.45) is 0 Å². The third kappa shape index (κ3) is 5.44. The van der Waals surface area contributed by atoms with Crippen molar-refractivity contribution in [3.8, 4) is 0 Å². The van der Waals surface area contributed by atoms with Crippen molar-refractivity contribution in [3.63, 3.8) is 0 Å². The maximum absolute atomic E-state index is 12.4. The summed E-state index contributed by atoms with van der Waals surface area (Å²) in [5, 5.41) is 13.4. The molecule has 0 unspecified atom stereocenters. The number of non-ortho nitro benzene ring substituents is 1. The summed E-state index contributed by atoms with van der Waals surface area (Å²) < 4.78 is 10.6. The molecule has 8 heteroatoms. The minimum atomic E-state index is -0.803. The summed E-state index contributed by atoms with van der Waals surface area (Å²) in [4.78, 5) is 34.7. The van der Waals surface area contributed by atoms with Crippen LogP contribution in [0, 0.1) is 10.1 Å². The van der Waals surface area contributed by atoms with Gasteiger partial charge in [0.2, 0.25) is 0 Å². The minimum Gasteiger partial charge on any atom is -0.459 e. The van der Waals surface area contributed by atoms with Gasteiger partial charge in [0.05, 0.1) is 16.2 Å². The van der Waals surface area contributed by atoms with E-state index >= 15 is 0 Å². The van der Waals surface area contributed by atoms with Gasteiger partial charge in [-0.2, -0.15) is 0 Å². The molecule has 1 saturated carbocycles. The van der Waals surface area contributed by atoms with Gasteiger partial charge in [0, 0.05) is 12.1 Å². The first-order valence-corrected chi connectivity index (χ1v) is 8.15. The molecule has 0 saturated heterocycles. The Bertz CT molecular complexity index is 674. The molecule has 8 nitrogen and oxygen atoms in total. The van der Waals surface area contributed by atoms with Gasteiger partial charge in [0.25, 0.3) is 5.69 Å². The van der Waals surface area contributed by atoms with E-state index in [-0.39, 0.29) is 23.0 Å². The van der Waals surface area contributed by atoms with Gasteiger partial charge in [-0.15, -0.1) is 0 Å². The Labute approximate surface area is 145 Å². The number of rotatable bonds is 4. The highest BCUT2D eigenvalue weighted by Gasteiger charge is 2.25. The fourth-order valence-corrected chi connectivity index (χ4v) is 2.56. The fraction of sp³-hybridized carbons (Fsp3) is 0.529. The standard InChI is InChI=1S/C17H22N2O6/c1-17(2,3)25-16(21)18-14-10-11(19(22)23)8-9-13(14)15(20)24-12-6-4-5-7-12/h8-10,12H,4-7H2,1-3H3,(H,18,21). The second-order valence-electron chi connectivity index (χ2n) is 6.93. The molecule has 1 aromatic carbocycles. The molecule has 0 aliphatic heterocycles. The summed E-state index contributed by atoms with van der Waals surface area (Å²) in [6, 6.07) is 3.60. The molecule has 136 valence electrons.